The smallest absolute Gasteiger partial charge is 0.123 e. The van der Waals surface area contributed by atoms with Crippen molar-refractivity contribution < 1.29 is 9.50 Å². The fraction of sp³-hybridized carbons (Fsp3) is 0.294. The van der Waals surface area contributed by atoms with Crippen LogP contribution in [0.2, 0.25) is 0 Å². The normalized spacial score (nSPS) is 16.9. The van der Waals surface area contributed by atoms with Gasteiger partial charge in [-0.15, -0.1) is 0 Å². The van der Waals surface area contributed by atoms with Crippen LogP contribution in [0.25, 0.3) is 0 Å². The molecule has 0 radical (unpaired) electrons. The Morgan fingerprint density at radius 3 is 2.37 bits per heavy atom. The van der Waals surface area contributed by atoms with Crippen molar-refractivity contribution in [2.75, 3.05) is 0 Å². The minimum atomic E-state index is -0.680. The highest BCUT2D eigenvalue weighted by Gasteiger charge is 2.20. The Kier molecular flexibility index (Phi) is 3.34. The van der Waals surface area contributed by atoms with Gasteiger partial charge in [0.1, 0.15) is 11.9 Å². The largest absolute Gasteiger partial charge is 0.384 e. The molecule has 1 N–H and O–H groups in total. The van der Waals surface area contributed by atoms with E-state index in [-0.39, 0.29) is 5.82 Å². The van der Waals surface area contributed by atoms with Crippen molar-refractivity contribution in [2.24, 2.45) is 0 Å². The summed E-state index contributed by atoms with van der Waals surface area (Å²) in [5, 5.41) is 10.4. The predicted molar refractivity (Wildman–Crippen MR) is 73.5 cm³/mol. The van der Waals surface area contributed by atoms with E-state index in [1.54, 1.807) is 12.1 Å². The number of aliphatic hydroxyl groups excluding tert-OH is 1. The number of hydrogen-bond donors (Lipinski definition) is 1. The highest BCUT2D eigenvalue weighted by atomic mass is 19.1. The van der Waals surface area contributed by atoms with E-state index >= 15 is 0 Å². The number of aliphatic hydroxyl groups is 1. The summed E-state index contributed by atoms with van der Waals surface area (Å²) in [5.74, 6) is 0.375. The summed E-state index contributed by atoms with van der Waals surface area (Å²) < 4.78 is 12.9. The molecule has 1 aliphatic carbocycles. The Balaban J connectivity index is 1.86. The molecule has 2 aromatic rings. The van der Waals surface area contributed by atoms with Crippen LogP contribution in [0.15, 0.2) is 48.5 Å². The van der Waals surface area contributed by atoms with Gasteiger partial charge in [-0.05, 0) is 47.6 Å². The van der Waals surface area contributed by atoms with Crippen molar-refractivity contribution >= 4 is 0 Å². The van der Waals surface area contributed by atoms with Crippen molar-refractivity contribution in [3.63, 3.8) is 0 Å². The van der Waals surface area contributed by atoms with Crippen molar-refractivity contribution in [3.8, 4) is 0 Å². The molecule has 1 saturated carbocycles. The standard InChI is InChI=1S/C17H17FO/c18-16-9-7-13(8-10-16)17(19)15-6-2-5-14(11-15)12-3-1-4-12/h2,5-12,17,19H,1,3-4H2. The van der Waals surface area contributed by atoms with Crippen molar-refractivity contribution in [1.29, 1.82) is 0 Å². The fourth-order valence-electron chi connectivity index (χ4n) is 2.56. The minimum absolute atomic E-state index is 0.279. The average Bonchev–Trinajstić information content (AvgIpc) is 2.37. The van der Waals surface area contributed by atoms with E-state index < -0.39 is 6.10 Å². The summed E-state index contributed by atoms with van der Waals surface area (Å²) in [6, 6.07) is 14.2. The van der Waals surface area contributed by atoms with Crippen LogP contribution >= 0.6 is 0 Å². The molecule has 19 heavy (non-hydrogen) atoms. The second kappa shape index (κ2) is 5.14. The second-order valence-electron chi connectivity index (χ2n) is 5.25. The Morgan fingerprint density at radius 1 is 1.00 bits per heavy atom. The molecule has 0 spiro atoms. The SMILES string of the molecule is OC(c1ccc(F)cc1)c1cccc(C2CCC2)c1. The quantitative estimate of drug-likeness (QED) is 0.873. The van der Waals surface area contributed by atoms with E-state index in [2.05, 4.69) is 12.1 Å². The molecule has 98 valence electrons. The molecule has 2 heteroatoms. The second-order valence-corrected chi connectivity index (χ2v) is 5.25. The van der Waals surface area contributed by atoms with Crippen LogP contribution in [0, 0.1) is 5.82 Å². The number of hydrogen-bond acceptors (Lipinski definition) is 1. The minimum Gasteiger partial charge on any atom is -0.384 e. The van der Waals surface area contributed by atoms with Gasteiger partial charge in [-0.3, -0.25) is 0 Å². The molecular weight excluding hydrogens is 239 g/mol. The molecule has 0 amide bonds. The molecule has 1 unspecified atom stereocenters. The van der Waals surface area contributed by atoms with Gasteiger partial charge in [-0.25, -0.2) is 4.39 Å². The van der Waals surface area contributed by atoms with Gasteiger partial charge in [0.15, 0.2) is 0 Å². The zero-order valence-corrected chi connectivity index (χ0v) is 10.7. The molecule has 0 saturated heterocycles. The van der Waals surface area contributed by atoms with Crippen molar-refractivity contribution in [1.82, 2.24) is 0 Å². The first-order valence-electron chi connectivity index (χ1n) is 6.77. The Bertz CT molecular complexity index is 558. The van der Waals surface area contributed by atoms with E-state index in [1.807, 2.05) is 12.1 Å². The van der Waals surface area contributed by atoms with Crippen LogP contribution in [-0.2, 0) is 0 Å². The van der Waals surface area contributed by atoms with Crippen LogP contribution in [0.3, 0.4) is 0 Å². The first-order chi connectivity index (χ1) is 9.24. The highest BCUT2D eigenvalue weighted by Crippen LogP contribution is 2.37. The zero-order chi connectivity index (χ0) is 13.2. The molecule has 0 aromatic heterocycles. The molecule has 1 nitrogen and oxygen atoms in total. The van der Waals surface area contributed by atoms with E-state index in [0.29, 0.717) is 5.92 Å². The van der Waals surface area contributed by atoms with Crippen LogP contribution in [0.1, 0.15) is 48.0 Å². The third kappa shape index (κ3) is 2.54. The molecular formula is C17H17FO. The lowest BCUT2D eigenvalue weighted by Gasteiger charge is -2.26. The average molecular weight is 256 g/mol. The first kappa shape index (κ1) is 12.4. The van der Waals surface area contributed by atoms with Gasteiger partial charge >= 0.3 is 0 Å². The summed E-state index contributed by atoms with van der Waals surface area (Å²) in [6.45, 7) is 0. The van der Waals surface area contributed by atoms with Gasteiger partial charge in [-0.1, -0.05) is 42.8 Å². The maximum atomic E-state index is 12.9. The molecule has 1 aliphatic rings. The molecule has 0 aliphatic heterocycles. The Morgan fingerprint density at radius 2 is 1.74 bits per heavy atom. The van der Waals surface area contributed by atoms with Crippen molar-refractivity contribution in [2.45, 2.75) is 31.3 Å². The van der Waals surface area contributed by atoms with Gasteiger partial charge in [0.05, 0.1) is 0 Å². The van der Waals surface area contributed by atoms with Gasteiger partial charge < -0.3 is 5.11 Å². The van der Waals surface area contributed by atoms with Crippen LogP contribution in [0.4, 0.5) is 4.39 Å². The lowest BCUT2D eigenvalue weighted by molar-refractivity contribution is 0.220. The maximum Gasteiger partial charge on any atom is 0.123 e. The molecule has 0 heterocycles. The molecule has 1 atom stereocenters. The number of halogens is 1. The fourth-order valence-corrected chi connectivity index (χ4v) is 2.56. The third-order valence-corrected chi connectivity index (χ3v) is 3.99. The molecule has 1 fully saturated rings. The van der Waals surface area contributed by atoms with Crippen LogP contribution in [0.5, 0.6) is 0 Å². The van der Waals surface area contributed by atoms with Gasteiger partial charge in [0.2, 0.25) is 0 Å². The first-order valence-corrected chi connectivity index (χ1v) is 6.77. The van der Waals surface area contributed by atoms with Crippen LogP contribution in [-0.4, -0.2) is 5.11 Å². The van der Waals surface area contributed by atoms with E-state index in [0.717, 1.165) is 11.1 Å². The summed E-state index contributed by atoms with van der Waals surface area (Å²) in [7, 11) is 0. The monoisotopic (exact) mass is 256 g/mol. The van der Waals surface area contributed by atoms with Gasteiger partial charge in [0, 0.05) is 0 Å². The highest BCUT2D eigenvalue weighted by molar-refractivity contribution is 5.34. The summed E-state index contributed by atoms with van der Waals surface area (Å²) in [4.78, 5) is 0. The Labute approximate surface area is 112 Å². The van der Waals surface area contributed by atoms with E-state index in [4.69, 9.17) is 0 Å². The van der Waals surface area contributed by atoms with Crippen molar-refractivity contribution in [3.05, 3.63) is 71.0 Å². The van der Waals surface area contributed by atoms with E-state index in [9.17, 15) is 9.50 Å². The number of benzene rings is 2. The Hall–Kier alpha value is -1.67. The molecule has 3 rings (SSSR count). The predicted octanol–water partition coefficient (Wildman–Crippen LogP) is 4.17. The summed E-state index contributed by atoms with van der Waals surface area (Å²) >= 11 is 0. The molecule has 2 aromatic carbocycles. The maximum absolute atomic E-state index is 12.9. The zero-order valence-electron chi connectivity index (χ0n) is 10.7. The lowest BCUT2D eigenvalue weighted by Crippen LogP contribution is -2.09. The topological polar surface area (TPSA) is 20.2 Å². The van der Waals surface area contributed by atoms with Gasteiger partial charge in [-0.2, -0.15) is 0 Å². The third-order valence-electron chi connectivity index (χ3n) is 3.99. The summed E-state index contributed by atoms with van der Waals surface area (Å²) in [6.07, 6.45) is 3.11. The number of rotatable bonds is 3. The lowest BCUT2D eigenvalue weighted by atomic mass is 9.79. The van der Waals surface area contributed by atoms with Gasteiger partial charge in [0.25, 0.3) is 0 Å². The van der Waals surface area contributed by atoms with E-state index in [1.165, 1.54) is 37.0 Å². The summed E-state index contributed by atoms with van der Waals surface area (Å²) in [5.41, 5.74) is 2.92. The molecule has 0 bridgehead atoms. The van der Waals surface area contributed by atoms with Crippen LogP contribution < -0.4 is 0 Å².